The highest BCUT2D eigenvalue weighted by Gasteiger charge is 2.12. The SMILES string of the molecule is Cc1ccc(NC(=O)/C(C#N)=C/c2ccc(Sc3nc(C)cc(C)n3)o2)cc1. The van der Waals surface area contributed by atoms with Crippen LogP contribution in [0.2, 0.25) is 0 Å². The van der Waals surface area contributed by atoms with Crippen LogP contribution in [-0.4, -0.2) is 15.9 Å². The molecule has 3 rings (SSSR count). The Morgan fingerprint density at radius 2 is 1.79 bits per heavy atom. The van der Waals surface area contributed by atoms with E-state index in [0.717, 1.165) is 17.0 Å². The first-order valence-electron chi connectivity index (χ1n) is 8.53. The molecule has 0 saturated carbocycles. The molecule has 0 spiro atoms. The van der Waals surface area contributed by atoms with Gasteiger partial charge in [0.1, 0.15) is 17.4 Å². The fraction of sp³-hybridized carbons (Fsp3) is 0.143. The Kier molecular flexibility index (Phi) is 5.92. The lowest BCUT2D eigenvalue weighted by atomic mass is 10.2. The van der Waals surface area contributed by atoms with Crippen molar-refractivity contribution in [3.8, 4) is 6.07 Å². The predicted molar refractivity (Wildman–Crippen MR) is 108 cm³/mol. The van der Waals surface area contributed by atoms with Crippen LogP contribution in [0.3, 0.4) is 0 Å². The lowest BCUT2D eigenvalue weighted by Gasteiger charge is -2.04. The highest BCUT2D eigenvalue weighted by atomic mass is 32.2. The summed E-state index contributed by atoms with van der Waals surface area (Å²) in [6.07, 6.45) is 1.41. The van der Waals surface area contributed by atoms with Gasteiger partial charge in [-0.15, -0.1) is 0 Å². The van der Waals surface area contributed by atoms with Crippen LogP contribution < -0.4 is 5.32 Å². The number of hydrogen-bond acceptors (Lipinski definition) is 6. The third kappa shape index (κ3) is 5.09. The molecule has 2 aromatic heterocycles. The molecule has 28 heavy (non-hydrogen) atoms. The molecule has 0 bridgehead atoms. The average Bonchev–Trinajstić information content (AvgIpc) is 3.07. The van der Waals surface area contributed by atoms with Crippen molar-refractivity contribution in [1.82, 2.24) is 9.97 Å². The van der Waals surface area contributed by atoms with Gasteiger partial charge in [-0.1, -0.05) is 17.7 Å². The van der Waals surface area contributed by atoms with Gasteiger partial charge in [-0.05, 0) is 62.9 Å². The number of hydrogen-bond donors (Lipinski definition) is 1. The van der Waals surface area contributed by atoms with E-state index in [1.165, 1.54) is 17.8 Å². The minimum atomic E-state index is -0.491. The minimum absolute atomic E-state index is 0.0471. The number of nitrogens with zero attached hydrogens (tertiary/aromatic N) is 3. The van der Waals surface area contributed by atoms with Gasteiger partial charge in [0.25, 0.3) is 5.91 Å². The molecule has 3 aromatic rings. The highest BCUT2D eigenvalue weighted by molar-refractivity contribution is 7.99. The number of benzene rings is 1. The molecule has 0 atom stereocenters. The fourth-order valence-corrected chi connectivity index (χ4v) is 3.26. The van der Waals surface area contributed by atoms with Gasteiger partial charge >= 0.3 is 0 Å². The summed E-state index contributed by atoms with van der Waals surface area (Å²) in [6, 6.07) is 14.6. The van der Waals surface area contributed by atoms with Crippen LogP contribution in [0.5, 0.6) is 0 Å². The fourth-order valence-electron chi connectivity index (χ4n) is 2.42. The van der Waals surface area contributed by atoms with E-state index in [4.69, 9.17) is 4.42 Å². The molecular weight excluding hydrogens is 372 g/mol. The molecule has 0 aliphatic carbocycles. The van der Waals surface area contributed by atoms with Crippen molar-refractivity contribution in [2.24, 2.45) is 0 Å². The van der Waals surface area contributed by atoms with E-state index in [2.05, 4.69) is 15.3 Å². The second-order valence-electron chi connectivity index (χ2n) is 6.18. The third-order valence-corrected chi connectivity index (χ3v) is 4.50. The molecule has 0 radical (unpaired) electrons. The maximum absolute atomic E-state index is 12.3. The second kappa shape index (κ2) is 8.55. The lowest BCUT2D eigenvalue weighted by molar-refractivity contribution is -0.112. The molecule has 1 amide bonds. The molecular formula is C21H18N4O2S. The summed E-state index contributed by atoms with van der Waals surface area (Å²) in [7, 11) is 0. The predicted octanol–water partition coefficient (Wildman–Crippen LogP) is 4.69. The van der Waals surface area contributed by atoms with Crippen LogP contribution in [0.4, 0.5) is 5.69 Å². The van der Waals surface area contributed by atoms with Crippen LogP contribution >= 0.6 is 11.8 Å². The molecule has 0 saturated heterocycles. The average molecular weight is 390 g/mol. The zero-order chi connectivity index (χ0) is 20.1. The quantitative estimate of drug-likeness (QED) is 0.386. The minimum Gasteiger partial charge on any atom is -0.450 e. The number of aromatic nitrogens is 2. The summed E-state index contributed by atoms with van der Waals surface area (Å²) in [5.41, 5.74) is 3.42. The first kappa shape index (κ1) is 19.4. The van der Waals surface area contributed by atoms with Crippen LogP contribution in [0.1, 0.15) is 22.7 Å². The molecule has 0 fully saturated rings. The smallest absolute Gasteiger partial charge is 0.266 e. The molecule has 1 N–H and O–H groups in total. The first-order valence-corrected chi connectivity index (χ1v) is 9.34. The Hall–Kier alpha value is -3.37. The van der Waals surface area contributed by atoms with E-state index in [1.54, 1.807) is 24.3 Å². The Labute approximate surface area is 167 Å². The summed E-state index contributed by atoms with van der Waals surface area (Å²) in [5, 5.41) is 13.2. The maximum atomic E-state index is 12.3. The van der Waals surface area contributed by atoms with Crippen LogP contribution in [-0.2, 0) is 4.79 Å². The number of amides is 1. The normalized spacial score (nSPS) is 11.1. The Bertz CT molecular complexity index is 1060. The standard InChI is InChI=1S/C21H18N4O2S/c1-13-4-6-17(7-5-13)25-20(26)16(12-22)11-18-8-9-19(27-18)28-21-23-14(2)10-15(3)24-21/h4-11H,1-3H3,(H,25,26)/b16-11+. The lowest BCUT2D eigenvalue weighted by Crippen LogP contribution is -2.13. The summed E-state index contributed by atoms with van der Waals surface area (Å²) >= 11 is 1.28. The number of nitrogens with one attached hydrogen (secondary N) is 1. The van der Waals surface area contributed by atoms with E-state index in [-0.39, 0.29) is 5.57 Å². The van der Waals surface area contributed by atoms with Gasteiger partial charge in [-0.25, -0.2) is 9.97 Å². The van der Waals surface area contributed by atoms with Crippen LogP contribution in [0.15, 0.2) is 62.7 Å². The molecule has 1 aromatic carbocycles. The van der Waals surface area contributed by atoms with Crippen molar-refractivity contribution < 1.29 is 9.21 Å². The van der Waals surface area contributed by atoms with Gasteiger partial charge in [-0.3, -0.25) is 4.79 Å². The maximum Gasteiger partial charge on any atom is 0.266 e. The first-order chi connectivity index (χ1) is 13.4. The molecule has 0 aliphatic rings. The number of aryl methyl sites for hydroxylation is 3. The second-order valence-corrected chi connectivity index (χ2v) is 7.15. The molecule has 2 heterocycles. The number of carbonyl (C=O) groups excluding carboxylic acids is 1. The Balaban J connectivity index is 1.73. The number of rotatable bonds is 5. The van der Waals surface area contributed by atoms with Gasteiger partial charge in [-0.2, -0.15) is 5.26 Å². The van der Waals surface area contributed by atoms with Gasteiger partial charge in [0, 0.05) is 23.2 Å². The van der Waals surface area contributed by atoms with E-state index in [9.17, 15) is 10.1 Å². The van der Waals surface area contributed by atoms with Gasteiger partial charge < -0.3 is 9.73 Å². The zero-order valence-electron chi connectivity index (χ0n) is 15.7. The molecule has 0 aliphatic heterocycles. The Morgan fingerprint density at radius 1 is 1.11 bits per heavy atom. The van der Waals surface area contributed by atoms with Crippen LogP contribution in [0, 0.1) is 32.1 Å². The summed E-state index contributed by atoms with van der Waals surface area (Å²) in [6.45, 7) is 5.77. The van der Waals surface area contributed by atoms with Gasteiger partial charge in [0.15, 0.2) is 10.2 Å². The zero-order valence-corrected chi connectivity index (χ0v) is 16.5. The summed E-state index contributed by atoms with van der Waals surface area (Å²) in [5.74, 6) is -0.0860. The van der Waals surface area contributed by atoms with Crippen LogP contribution in [0.25, 0.3) is 6.08 Å². The van der Waals surface area contributed by atoms with Crippen molar-refractivity contribution in [2.45, 2.75) is 31.0 Å². The van der Waals surface area contributed by atoms with Crippen molar-refractivity contribution in [3.05, 3.63) is 70.7 Å². The molecule has 140 valence electrons. The molecule has 0 unspecified atom stereocenters. The number of anilines is 1. The van der Waals surface area contributed by atoms with Crippen molar-refractivity contribution >= 4 is 29.4 Å². The molecule has 7 heteroatoms. The van der Waals surface area contributed by atoms with Crippen molar-refractivity contribution in [1.29, 1.82) is 5.26 Å². The van der Waals surface area contributed by atoms with Crippen molar-refractivity contribution in [3.63, 3.8) is 0 Å². The summed E-state index contributed by atoms with van der Waals surface area (Å²) in [4.78, 5) is 21.1. The van der Waals surface area contributed by atoms with E-state index < -0.39 is 5.91 Å². The monoisotopic (exact) mass is 390 g/mol. The number of carbonyl (C=O) groups is 1. The van der Waals surface area contributed by atoms with Crippen molar-refractivity contribution in [2.75, 3.05) is 5.32 Å². The topological polar surface area (TPSA) is 91.8 Å². The molecule has 6 nitrogen and oxygen atoms in total. The number of nitriles is 1. The Morgan fingerprint density at radius 3 is 2.43 bits per heavy atom. The third-order valence-electron chi connectivity index (χ3n) is 3.72. The van der Waals surface area contributed by atoms with Gasteiger partial charge in [0.2, 0.25) is 0 Å². The van der Waals surface area contributed by atoms with E-state index in [0.29, 0.717) is 21.7 Å². The highest BCUT2D eigenvalue weighted by Crippen LogP contribution is 2.28. The van der Waals surface area contributed by atoms with E-state index >= 15 is 0 Å². The van der Waals surface area contributed by atoms with E-state index in [1.807, 2.05) is 45.0 Å². The largest absolute Gasteiger partial charge is 0.450 e. The van der Waals surface area contributed by atoms with Gasteiger partial charge in [0.05, 0.1) is 0 Å². The number of furan rings is 1. The summed E-state index contributed by atoms with van der Waals surface area (Å²) < 4.78 is 5.69.